The molecule has 1 unspecified atom stereocenters. The third-order valence-electron chi connectivity index (χ3n) is 3.57. The molecule has 3 rings (SSSR count). The highest BCUT2D eigenvalue weighted by molar-refractivity contribution is 5.87. The Morgan fingerprint density at radius 3 is 2.83 bits per heavy atom. The minimum absolute atomic E-state index is 0.184. The number of carbonyl (C=O) groups is 1. The van der Waals surface area contributed by atoms with E-state index in [2.05, 4.69) is 20.7 Å². The summed E-state index contributed by atoms with van der Waals surface area (Å²) in [7, 11) is 0. The lowest BCUT2D eigenvalue weighted by molar-refractivity contribution is 0.0922. The van der Waals surface area contributed by atoms with Gasteiger partial charge in [0.2, 0.25) is 5.95 Å². The molecule has 1 aromatic carbocycles. The first-order valence-corrected chi connectivity index (χ1v) is 7.89. The zero-order valence-electron chi connectivity index (χ0n) is 13.9. The molecule has 128 valence electrons. The second-order valence-electron chi connectivity index (χ2n) is 5.85. The lowest BCUT2D eigenvalue weighted by Gasteiger charge is -2.26. The Bertz CT molecular complexity index is 728. The van der Waals surface area contributed by atoms with Crippen molar-refractivity contribution in [3.63, 3.8) is 0 Å². The molecule has 1 atom stereocenters. The molecule has 8 heteroatoms. The van der Waals surface area contributed by atoms with Gasteiger partial charge in [-0.2, -0.15) is 4.98 Å². The average molecular weight is 331 g/mol. The van der Waals surface area contributed by atoms with Gasteiger partial charge in [0.15, 0.2) is 17.6 Å². The number of hydrogen-bond acceptors (Lipinski definition) is 5. The van der Waals surface area contributed by atoms with E-state index in [0.29, 0.717) is 18.9 Å². The molecule has 0 saturated heterocycles. The predicted molar refractivity (Wildman–Crippen MR) is 88.5 cm³/mol. The summed E-state index contributed by atoms with van der Waals surface area (Å²) in [6, 6.07) is 7.27. The molecule has 0 fully saturated rings. The number of ether oxygens (including phenoxy) is 2. The second kappa shape index (κ2) is 6.77. The van der Waals surface area contributed by atoms with Crippen LogP contribution in [0, 0.1) is 6.92 Å². The number of carbonyl (C=O) groups excluding carboxylic acids is 1. The van der Waals surface area contributed by atoms with E-state index < -0.39 is 0 Å². The Labute approximate surface area is 140 Å². The normalized spacial score (nSPS) is 16.1. The fourth-order valence-corrected chi connectivity index (χ4v) is 2.46. The van der Waals surface area contributed by atoms with Crippen molar-refractivity contribution in [3.8, 4) is 11.5 Å². The molecule has 1 aliphatic heterocycles. The third kappa shape index (κ3) is 3.58. The van der Waals surface area contributed by atoms with Crippen LogP contribution in [0.4, 0.5) is 10.7 Å². The molecule has 1 aromatic heterocycles. The van der Waals surface area contributed by atoms with Crippen LogP contribution in [0.25, 0.3) is 0 Å². The van der Waals surface area contributed by atoms with E-state index in [1.165, 1.54) is 0 Å². The number of hydrogen-bond donors (Lipinski definition) is 2. The summed E-state index contributed by atoms with van der Waals surface area (Å²) in [6.45, 7) is 6.56. The van der Waals surface area contributed by atoms with Crippen LogP contribution in [0.15, 0.2) is 24.3 Å². The number of anilines is 1. The summed E-state index contributed by atoms with van der Waals surface area (Å²) >= 11 is 0. The Kier molecular flexibility index (Phi) is 4.54. The van der Waals surface area contributed by atoms with Crippen LogP contribution in [0.5, 0.6) is 11.5 Å². The first-order valence-electron chi connectivity index (χ1n) is 7.89. The molecule has 0 saturated carbocycles. The van der Waals surface area contributed by atoms with Crippen molar-refractivity contribution in [2.75, 3.05) is 18.5 Å². The van der Waals surface area contributed by atoms with Crippen molar-refractivity contribution in [3.05, 3.63) is 30.1 Å². The lowest BCUT2D eigenvalue weighted by Crippen LogP contribution is -2.42. The zero-order chi connectivity index (χ0) is 17.1. The van der Waals surface area contributed by atoms with Crippen LogP contribution in [0.3, 0.4) is 0 Å². The third-order valence-corrected chi connectivity index (χ3v) is 3.57. The largest absolute Gasteiger partial charge is 0.486 e. The number of para-hydroxylation sites is 2. The molecule has 2 amide bonds. The highest BCUT2D eigenvalue weighted by Crippen LogP contribution is 2.30. The van der Waals surface area contributed by atoms with Gasteiger partial charge in [0.25, 0.3) is 0 Å². The van der Waals surface area contributed by atoms with Gasteiger partial charge in [-0.05, 0) is 32.9 Å². The summed E-state index contributed by atoms with van der Waals surface area (Å²) in [4.78, 5) is 16.2. The topological polar surface area (TPSA) is 90.3 Å². The number of aromatic nitrogens is 3. The van der Waals surface area contributed by atoms with E-state index in [9.17, 15) is 4.79 Å². The maximum absolute atomic E-state index is 12.0. The fourth-order valence-electron chi connectivity index (χ4n) is 2.46. The Hall–Kier alpha value is -2.77. The molecule has 2 aromatic rings. The highest BCUT2D eigenvalue weighted by Gasteiger charge is 2.21. The standard InChI is InChI=1S/C16H21N5O3/c1-10(2)21-11(3)18-15(20-21)19-16(22)17-8-12-9-23-13-6-4-5-7-14(13)24-12/h4-7,10,12H,8-9H2,1-3H3,(H2,17,19,20,22). The quantitative estimate of drug-likeness (QED) is 0.896. The Morgan fingerprint density at radius 2 is 2.12 bits per heavy atom. The van der Waals surface area contributed by atoms with Gasteiger partial charge in [-0.15, -0.1) is 5.10 Å². The van der Waals surface area contributed by atoms with E-state index in [1.54, 1.807) is 4.68 Å². The Balaban J connectivity index is 1.51. The van der Waals surface area contributed by atoms with Crippen molar-refractivity contribution >= 4 is 12.0 Å². The molecule has 0 spiro atoms. The van der Waals surface area contributed by atoms with Gasteiger partial charge in [-0.3, -0.25) is 5.32 Å². The summed E-state index contributed by atoms with van der Waals surface area (Å²) in [5.74, 6) is 2.44. The molecule has 2 heterocycles. The van der Waals surface area contributed by atoms with Gasteiger partial charge in [-0.25, -0.2) is 9.48 Å². The predicted octanol–water partition coefficient (Wildman–Crippen LogP) is 2.13. The van der Waals surface area contributed by atoms with Crippen LogP contribution in [0.2, 0.25) is 0 Å². The fraction of sp³-hybridized carbons (Fsp3) is 0.438. The van der Waals surface area contributed by atoms with Crippen molar-refractivity contribution in [1.82, 2.24) is 20.1 Å². The zero-order valence-corrected chi connectivity index (χ0v) is 13.9. The number of aryl methyl sites for hydroxylation is 1. The summed E-state index contributed by atoms with van der Waals surface area (Å²) < 4.78 is 13.1. The van der Waals surface area contributed by atoms with Crippen molar-refractivity contribution in [2.24, 2.45) is 0 Å². The van der Waals surface area contributed by atoms with E-state index in [1.807, 2.05) is 45.0 Å². The number of rotatable bonds is 4. The van der Waals surface area contributed by atoms with Crippen LogP contribution in [-0.4, -0.2) is 40.1 Å². The number of fused-ring (bicyclic) bond motifs is 1. The van der Waals surface area contributed by atoms with E-state index >= 15 is 0 Å². The Morgan fingerprint density at radius 1 is 1.38 bits per heavy atom. The molecule has 0 bridgehead atoms. The first-order chi connectivity index (χ1) is 11.5. The van der Waals surface area contributed by atoms with Crippen LogP contribution in [-0.2, 0) is 0 Å². The van der Waals surface area contributed by atoms with Gasteiger partial charge < -0.3 is 14.8 Å². The van der Waals surface area contributed by atoms with Gasteiger partial charge in [0.05, 0.1) is 6.54 Å². The molecular formula is C16H21N5O3. The molecule has 0 aliphatic carbocycles. The van der Waals surface area contributed by atoms with Crippen molar-refractivity contribution in [1.29, 1.82) is 0 Å². The highest BCUT2D eigenvalue weighted by atomic mass is 16.6. The number of urea groups is 1. The van der Waals surface area contributed by atoms with E-state index in [4.69, 9.17) is 9.47 Å². The number of benzene rings is 1. The second-order valence-corrected chi connectivity index (χ2v) is 5.85. The average Bonchev–Trinajstić information content (AvgIpc) is 2.93. The molecule has 1 aliphatic rings. The van der Waals surface area contributed by atoms with Gasteiger partial charge in [0.1, 0.15) is 12.4 Å². The van der Waals surface area contributed by atoms with Crippen molar-refractivity contribution < 1.29 is 14.3 Å². The number of nitrogens with one attached hydrogen (secondary N) is 2. The maximum Gasteiger partial charge on any atom is 0.321 e. The van der Waals surface area contributed by atoms with Crippen LogP contribution >= 0.6 is 0 Å². The SMILES string of the molecule is Cc1nc(NC(=O)NCC2COc3ccccc3O2)nn1C(C)C. The molecule has 2 N–H and O–H groups in total. The number of nitrogens with zero attached hydrogens (tertiary/aromatic N) is 3. The molecule has 24 heavy (non-hydrogen) atoms. The summed E-state index contributed by atoms with van der Waals surface area (Å²) in [5, 5.41) is 9.62. The van der Waals surface area contributed by atoms with Crippen molar-refractivity contribution in [2.45, 2.75) is 32.9 Å². The molecule has 8 nitrogen and oxygen atoms in total. The minimum atomic E-state index is -0.377. The minimum Gasteiger partial charge on any atom is -0.486 e. The van der Waals surface area contributed by atoms with Gasteiger partial charge in [0, 0.05) is 6.04 Å². The maximum atomic E-state index is 12.0. The monoisotopic (exact) mass is 331 g/mol. The van der Waals surface area contributed by atoms with Gasteiger partial charge in [-0.1, -0.05) is 12.1 Å². The van der Waals surface area contributed by atoms with E-state index in [-0.39, 0.29) is 24.1 Å². The lowest BCUT2D eigenvalue weighted by atomic mass is 10.2. The number of amides is 2. The smallest absolute Gasteiger partial charge is 0.321 e. The van der Waals surface area contributed by atoms with Crippen LogP contribution < -0.4 is 20.1 Å². The molecular weight excluding hydrogens is 310 g/mol. The van der Waals surface area contributed by atoms with Crippen LogP contribution in [0.1, 0.15) is 25.7 Å². The summed E-state index contributed by atoms with van der Waals surface area (Å²) in [6.07, 6.45) is -0.242. The summed E-state index contributed by atoms with van der Waals surface area (Å²) in [5.41, 5.74) is 0. The molecule has 0 radical (unpaired) electrons. The first kappa shape index (κ1) is 16.1. The van der Waals surface area contributed by atoms with E-state index in [0.717, 1.165) is 11.6 Å². The van der Waals surface area contributed by atoms with Gasteiger partial charge >= 0.3 is 6.03 Å².